The third kappa shape index (κ3) is 1.89. The van der Waals surface area contributed by atoms with Gasteiger partial charge in [0.25, 0.3) is 0 Å². The summed E-state index contributed by atoms with van der Waals surface area (Å²) < 4.78 is 0.722. The van der Waals surface area contributed by atoms with E-state index in [4.69, 9.17) is 0 Å². The summed E-state index contributed by atoms with van der Waals surface area (Å²) in [5.74, 6) is 0.787. The van der Waals surface area contributed by atoms with Crippen LogP contribution in [0.4, 0.5) is 5.82 Å². The Hall–Kier alpha value is -1.17. The Morgan fingerprint density at radius 2 is 2.25 bits per heavy atom. The summed E-state index contributed by atoms with van der Waals surface area (Å²) in [5.41, 5.74) is -0.577. The van der Waals surface area contributed by atoms with Gasteiger partial charge in [0.05, 0.1) is 0 Å². The van der Waals surface area contributed by atoms with Gasteiger partial charge in [0.2, 0.25) is 5.91 Å². The Kier molecular flexibility index (Phi) is 2.84. The quantitative estimate of drug-likeness (QED) is 0.781. The zero-order chi connectivity index (χ0) is 11.8. The molecule has 86 valence electrons. The molecule has 0 unspecified atom stereocenters. The van der Waals surface area contributed by atoms with Gasteiger partial charge in [-0.2, -0.15) is 0 Å². The highest BCUT2D eigenvalue weighted by molar-refractivity contribution is 9.10. The minimum absolute atomic E-state index is 0.0217. The third-order valence-corrected chi connectivity index (χ3v) is 3.18. The first-order valence-corrected chi connectivity index (χ1v) is 5.84. The van der Waals surface area contributed by atoms with E-state index in [-0.39, 0.29) is 5.91 Å². The number of amides is 1. The van der Waals surface area contributed by atoms with E-state index >= 15 is 0 Å². The van der Waals surface area contributed by atoms with Crippen LogP contribution >= 0.6 is 15.9 Å². The van der Waals surface area contributed by atoms with Gasteiger partial charge in [0, 0.05) is 19.2 Å². The molecule has 5 nitrogen and oxygen atoms in total. The first-order valence-electron chi connectivity index (χ1n) is 5.05. The van der Waals surface area contributed by atoms with E-state index in [2.05, 4.69) is 31.2 Å². The number of hydrogen-bond acceptors (Lipinski definition) is 4. The molecular formula is C10H13BrN4O. The highest BCUT2D eigenvalue weighted by Gasteiger charge is 2.38. The summed E-state index contributed by atoms with van der Waals surface area (Å²) in [6.45, 7) is 5.17. The van der Waals surface area contributed by atoms with E-state index in [0.29, 0.717) is 6.54 Å². The summed E-state index contributed by atoms with van der Waals surface area (Å²) in [5, 5.41) is 2.85. The van der Waals surface area contributed by atoms with E-state index in [0.717, 1.165) is 17.0 Å². The molecule has 16 heavy (non-hydrogen) atoms. The molecule has 1 aromatic rings. The van der Waals surface area contributed by atoms with Crippen molar-refractivity contribution in [1.82, 2.24) is 15.3 Å². The Labute approximate surface area is 102 Å². The number of rotatable bonds is 1. The molecule has 1 fully saturated rings. The second-order valence-electron chi connectivity index (χ2n) is 4.17. The van der Waals surface area contributed by atoms with Crippen molar-refractivity contribution in [2.45, 2.75) is 19.4 Å². The Balaban J connectivity index is 2.36. The van der Waals surface area contributed by atoms with Crippen LogP contribution in [0.3, 0.4) is 0 Å². The average molecular weight is 285 g/mol. The maximum absolute atomic E-state index is 11.8. The molecule has 1 saturated heterocycles. The number of aromatic nitrogens is 2. The molecule has 1 N–H and O–H groups in total. The number of hydrogen-bond donors (Lipinski definition) is 1. The number of halogens is 1. The normalized spacial score (nSPS) is 19.4. The molecule has 1 aliphatic rings. The Bertz CT molecular complexity index is 421. The summed E-state index contributed by atoms with van der Waals surface area (Å²) in [4.78, 5) is 21.9. The van der Waals surface area contributed by atoms with Crippen molar-refractivity contribution in [3.63, 3.8) is 0 Å². The predicted octanol–water partition coefficient (Wildman–Crippen LogP) is 0.954. The number of piperazine rings is 1. The first kappa shape index (κ1) is 11.3. The second kappa shape index (κ2) is 4.01. The lowest BCUT2D eigenvalue weighted by Crippen LogP contribution is -2.62. The molecule has 0 atom stereocenters. The zero-order valence-corrected chi connectivity index (χ0v) is 10.8. The van der Waals surface area contributed by atoms with Gasteiger partial charge < -0.3 is 10.2 Å². The van der Waals surface area contributed by atoms with Crippen LogP contribution in [0.1, 0.15) is 13.8 Å². The van der Waals surface area contributed by atoms with Gasteiger partial charge in [-0.15, -0.1) is 0 Å². The van der Waals surface area contributed by atoms with Crippen LogP contribution in [0.15, 0.2) is 17.0 Å². The van der Waals surface area contributed by atoms with Gasteiger partial charge >= 0.3 is 0 Å². The van der Waals surface area contributed by atoms with Gasteiger partial charge in [0.1, 0.15) is 22.3 Å². The van der Waals surface area contributed by atoms with Crippen LogP contribution < -0.4 is 10.2 Å². The van der Waals surface area contributed by atoms with Crippen molar-refractivity contribution < 1.29 is 4.79 Å². The van der Waals surface area contributed by atoms with Gasteiger partial charge in [-0.05, 0) is 29.8 Å². The molecule has 6 heteroatoms. The van der Waals surface area contributed by atoms with Crippen molar-refractivity contribution in [1.29, 1.82) is 0 Å². The fourth-order valence-corrected chi connectivity index (χ4v) is 2.07. The molecule has 2 heterocycles. The highest BCUT2D eigenvalue weighted by Crippen LogP contribution is 2.25. The van der Waals surface area contributed by atoms with Crippen LogP contribution in [-0.2, 0) is 4.79 Å². The molecule has 0 aromatic carbocycles. The standard InChI is InChI=1S/C10H13BrN4O/c1-10(2)9(16)12-3-4-15(10)8-5-7(11)13-6-14-8/h5-6H,3-4H2,1-2H3,(H,12,16). The van der Waals surface area contributed by atoms with Crippen molar-refractivity contribution in [3.8, 4) is 0 Å². The van der Waals surface area contributed by atoms with Crippen LogP contribution in [0.5, 0.6) is 0 Å². The lowest BCUT2D eigenvalue weighted by molar-refractivity contribution is -0.126. The smallest absolute Gasteiger partial charge is 0.245 e. The van der Waals surface area contributed by atoms with Crippen LogP contribution in [0, 0.1) is 0 Å². The van der Waals surface area contributed by atoms with Gasteiger partial charge in [-0.25, -0.2) is 9.97 Å². The number of nitrogens with zero attached hydrogens (tertiary/aromatic N) is 3. The van der Waals surface area contributed by atoms with Crippen LogP contribution in [0.2, 0.25) is 0 Å². The van der Waals surface area contributed by atoms with E-state index in [9.17, 15) is 4.79 Å². The predicted molar refractivity (Wildman–Crippen MR) is 64.2 cm³/mol. The molecule has 1 aromatic heterocycles. The van der Waals surface area contributed by atoms with Crippen molar-refractivity contribution in [2.24, 2.45) is 0 Å². The van der Waals surface area contributed by atoms with Crippen molar-refractivity contribution in [3.05, 3.63) is 17.0 Å². The van der Waals surface area contributed by atoms with Crippen LogP contribution in [-0.4, -0.2) is 34.5 Å². The number of carbonyl (C=O) groups is 1. The summed E-state index contributed by atoms with van der Waals surface area (Å²) in [6, 6.07) is 1.82. The molecule has 0 radical (unpaired) electrons. The van der Waals surface area contributed by atoms with E-state index in [1.807, 2.05) is 24.8 Å². The maximum Gasteiger partial charge on any atom is 0.245 e. The summed E-state index contributed by atoms with van der Waals surface area (Å²) in [6.07, 6.45) is 1.49. The maximum atomic E-state index is 11.8. The topological polar surface area (TPSA) is 58.1 Å². The summed E-state index contributed by atoms with van der Waals surface area (Å²) >= 11 is 3.30. The fourth-order valence-electron chi connectivity index (χ4n) is 1.77. The Morgan fingerprint density at radius 1 is 1.50 bits per heavy atom. The van der Waals surface area contributed by atoms with Gasteiger partial charge in [0.15, 0.2) is 0 Å². The molecule has 1 amide bonds. The van der Waals surface area contributed by atoms with E-state index < -0.39 is 5.54 Å². The summed E-state index contributed by atoms with van der Waals surface area (Å²) in [7, 11) is 0. The van der Waals surface area contributed by atoms with Crippen molar-refractivity contribution in [2.75, 3.05) is 18.0 Å². The number of carbonyl (C=O) groups excluding carboxylic acids is 1. The average Bonchev–Trinajstić information content (AvgIpc) is 2.22. The lowest BCUT2D eigenvalue weighted by atomic mass is 9.99. The van der Waals surface area contributed by atoms with E-state index in [1.54, 1.807) is 0 Å². The Morgan fingerprint density at radius 3 is 2.94 bits per heavy atom. The fraction of sp³-hybridized carbons (Fsp3) is 0.500. The minimum Gasteiger partial charge on any atom is -0.352 e. The molecule has 0 bridgehead atoms. The van der Waals surface area contributed by atoms with Gasteiger partial charge in [-0.1, -0.05) is 0 Å². The first-order chi connectivity index (χ1) is 7.51. The second-order valence-corrected chi connectivity index (χ2v) is 4.98. The van der Waals surface area contributed by atoms with E-state index in [1.165, 1.54) is 6.33 Å². The molecule has 2 rings (SSSR count). The number of anilines is 1. The molecular weight excluding hydrogens is 272 g/mol. The molecule has 0 saturated carbocycles. The lowest BCUT2D eigenvalue weighted by Gasteiger charge is -2.41. The SMILES string of the molecule is CC1(C)C(=O)NCCN1c1cc(Br)ncn1. The largest absolute Gasteiger partial charge is 0.352 e. The molecule has 1 aliphatic heterocycles. The zero-order valence-electron chi connectivity index (χ0n) is 9.20. The number of nitrogens with one attached hydrogen (secondary N) is 1. The highest BCUT2D eigenvalue weighted by atomic mass is 79.9. The van der Waals surface area contributed by atoms with Crippen LogP contribution in [0.25, 0.3) is 0 Å². The third-order valence-electron chi connectivity index (χ3n) is 2.75. The van der Waals surface area contributed by atoms with Crippen molar-refractivity contribution >= 4 is 27.7 Å². The minimum atomic E-state index is -0.577. The monoisotopic (exact) mass is 284 g/mol. The molecule has 0 spiro atoms. The molecule has 0 aliphatic carbocycles. The van der Waals surface area contributed by atoms with Gasteiger partial charge in [-0.3, -0.25) is 4.79 Å².